The second-order valence-corrected chi connectivity index (χ2v) is 7.33. The fourth-order valence-electron chi connectivity index (χ4n) is 2.49. The van der Waals surface area contributed by atoms with Crippen molar-refractivity contribution in [3.63, 3.8) is 0 Å². The molecule has 2 aromatic rings. The third-order valence-electron chi connectivity index (χ3n) is 3.74. The number of nitrogens with one attached hydrogen (secondary N) is 1. The lowest BCUT2D eigenvalue weighted by molar-refractivity contribution is -0.0156. The van der Waals surface area contributed by atoms with Crippen molar-refractivity contribution in [3.05, 3.63) is 40.8 Å². The van der Waals surface area contributed by atoms with Crippen molar-refractivity contribution in [2.45, 2.75) is 11.0 Å². The molecule has 1 aliphatic heterocycles. The molecule has 124 valence electrons. The Labute approximate surface area is 133 Å². The summed E-state index contributed by atoms with van der Waals surface area (Å²) in [7, 11) is -1.67. The SMILES string of the molecule is CN1CCO[C@@H](CNS(=O)(=O)c2ccc3oc(=O)ccc3c2)C1. The van der Waals surface area contributed by atoms with Crippen molar-refractivity contribution in [2.24, 2.45) is 0 Å². The summed E-state index contributed by atoms with van der Waals surface area (Å²) in [5, 5.41) is 0.557. The zero-order chi connectivity index (χ0) is 16.4. The first-order chi connectivity index (χ1) is 10.9. The van der Waals surface area contributed by atoms with Gasteiger partial charge in [-0.1, -0.05) is 0 Å². The Morgan fingerprint density at radius 1 is 1.30 bits per heavy atom. The highest BCUT2D eigenvalue weighted by molar-refractivity contribution is 7.89. The summed E-state index contributed by atoms with van der Waals surface area (Å²) in [6, 6.07) is 7.18. The maximum atomic E-state index is 12.4. The summed E-state index contributed by atoms with van der Waals surface area (Å²) >= 11 is 0. The zero-order valence-corrected chi connectivity index (χ0v) is 13.5. The highest BCUT2D eigenvalue weighted by atomic mass is 32.2. The maximum absolute atomic E-state index is 12.4. The molecule has 3 rings (SSSR count). The number of fused-ring (bicyclic) bond motifs is 1. The highest BCUT2D eigenvalue weighted by Gasteiger charge is 2.21. The molecule has 0 unspecified atom stereocenters. The van der Waals surface area contributed by atoms with E-state index in [9.17, 15) is 13.2 Å². The second kappa shape index (κ2) is 6.40. The minimum Gasteiger partial charge on any atom is -0.423 e. The molecule has 1 N–H and O–H groups in total. The number of benzene rings is 1. The van der Waals surface area contributed by atoms with E-state index in [-0.39, 0.29) is 17.5 Å². The number of hydrogen-bond donors (Lipinski definition) is 1. The predicted octanol–water partition coefficient (Wildman–Crippen LogP) is 0.402. The first-order valence-electron chi connectivity index (χ1n) is 7.28. The van der Waals surface area contributed by atoms with Crippen LogP contribution in [0.2, 0.25) is 0 Å². The first-order valence-corrected chi connectivity index (χ1v) is 8.76. The van der Waals surface area contributed by atoms with Crippen LogP contribution in [0.5, 0.6) is 0 Å². The van der Waals surface area contributed by atoms with Gasteiger partial charge in [-0.05, 0) is 31.3 Å². The molecule has 7 nitrogen and oxygen atoms in total. The van der Waals surface area contributed by atoms with Gasteiger partial charge in [-0.3, -0.25) is 0 Å². The van der Waals surface area contributed by atoms with Crippen LogP contribution < -0.4 is 10.3 Å². The summed E-state index contributed by atoms with van der Waals surface area (Å²) in [4.78, 5) is 13.4. The monoisotopic (exact) mass is 338 g/mol. The van der Waals surface area contributed by atoms with Gasteiger partial charge in [0.2, 0.25) is 10.0 Å². The molecule has 0 spiro atoms. The maximum Gasteiger partial charge on any atom is 0.336 e. The molecule has 1 aliphatic rings. The number of rotatable bonds is 4. The smallest absolute Gasteiger partial charge is 0.336 e. The molecule has 1 saturated heterocycles. The van der Waals surface area contributed by atoms with E-state index in [1.165, 1.54) is 24.3 Å². The lowest BCUT2D eigenvalue weighted by atomic mass is 10.2. The Kier molecular flexibility index (Phi) is 4.49. The Bertz CT molecular complexity index is 862. The molecule has 1 aromatic heterocycles. The third kappa shape index (κ3) is 3.78. The van der Waals surface area contributed by atoms with Crippen LogP contribution >= 0.6 is 0 Å². The molecule has 0 aliphatic carbocycles. The largest absolute Gasteiger partial charge is 0.423 e. The van der Waals surface area contributed by atoms with E-state index in [0.717, 1.165) is 6.54 Å². The lowest BCUT2D eigenvalue weighted by Crippen LogP contribution is -2.45. The van der Waals surface area contributed by atoms with Gasteiger partial charge >= 0.3 is 5.63 Å². The predicted molar refractivity (Wildman–Crippen MR) is 84.9 cm³/mol. The van der Waals surface area contributed by atoms with Gasteiger partial charge in [0.05, 0.1) is 17.6 Å². The fraction of sp³-hybridized carbons (Fsp3) is 0.400. The van der Waals surface area contributed by atoms with Gasteiger partial charge in [0.25, 0.3) is 0 Å². The first kappa shape index (κ1) is 16.1. The highest BCUT2D eigenvalue weighted by Crippen LogP contribution is 2.17. The van der Waals surface area contributed by atoms with Crippen molar-refractivity contribution >= 4 is 21.0 Å². The van der Waals surface area contributed by atoms with Gasteiger partial charge in [0.1, 0.15) is 5.58 Å². The molecule has 0 bridgehead atoms. The molecule has 1 aromatic carbocycles. The van der Waals surface area contributed by atoms with Gasteiger partial charge in [0, 0.05) is 31.1 Å². The minimum atomic E-state index is -3.65. The number of likely N-dealkylation sites (N-methyl/N-ethyl adjacent to an activating group) is 1. The van der Waals surface area contributed by atoms with E-state index in [2.05, 4.69) is 9.62 Å². The van der Waals surface area contributed by atoms with Gasteiger partial charge in [-0.25, -0.2) is 17.9 Å². The summed E-state index contributed by atoms with van der Waals surface area (Å²) in [5.41, 5.74) is -0.113. The van der Waals surface area contributed by atoms with Crippen molar-refractivity contribution in [2.75, 3.05) is 33.3 Å². The van der Waals surface area contributed by atoms with Crippen LogP contribution in [0.25, 0.3) is 11.0 Å². The Balaban J connectivity index is 1.76. The van der Waals surface area contributed by atoms with Gasteiger partial charge in [-0.2, -0.15) is 0 Å². The van der Waals surface area contributed by atoms with E-state index in [1.54, 1.807) is 6.07 Å². The average Bonchev–Trinajstić information content (AvgIpc) is 2.52. The summed E-state index contributed by atoms with van der Waals surface area (Å²) in [5.74, 6) is 0. The van der Waals surface area contributed by atoms with Crippen LogP contribution in [0.15, 0.2) is 44.4 Å². The second-order valence-electron chi connectivity index (χ2n) is 5.56. The van der Waals surface area contributed by atoms with Gasteiger partial charge < -0.3 is 14.1 Å². The molecule has 0 saturated carbocycles. The van der Waals surface area contributed by atoms with Crippen molar-refractivity contribution in [1.29, 1.82) is 0 Å². The molecule has 1 atom stereocenters. The number of morpholine rings is 1. The summed E-state index contributed by atoms with van der Waals surface area (Å²) < 4.78 is 37.9. The van der Waals surface area contributed by atoms with Crippen LogP contribution in [0.4, 0.5) is 0 Å². The quantitative estimate of drug-likeness (QED) is 0.812. The normalized spacial score (nSPS) is 20.0. The van der Waals surface area contributed by atoms with Crippen LogP contribution in [-0.2, 0) is 14.8 Å². The average molecular weight is 338 g/mol. The molecule has 23 heavy (non-hydrogen) atoms. The van der Waals surface area contributed by atoms with Crippen LogP contribution in [-0.4, -0.2) is 52.7 Å². The van der Waals surface area contributed by atoms with E-state index < -0.39 is 15.6 Å². The lowest BCUT2D eigenvalue weighted by Gasteiger charge is -2.30. The van der Waals surface area contributed by atoms with E-state index >= 15 is 0 Å². The number of sulfonamides is 1. The molecule has 1 fully saturated rings. The summed E-state index contributed by atoms with van der Waals surface area (Å²) in [6.07, 6.45) is -0.165. The Morgan fingerprint density at radius 3 is 2.91 bits per heavy atom. The molecule has 2 heterocycles. The topological polar surface area (TPSA) is 88.8 Å². The van der Waals surface area contributed by atoms with Crippen molar-refractivity contribution in [3.8, 4) is 0 Å². The number of hydrogen-bond acceptors (Lipinski definition) is 6. The molecule has 0 amide bonds. The van der Waals surface area contributed by atoms with Crippen LogP contribution in [0, 0.1) is 0 Å². The van der Waals surface area contributed by atoms with E-state index in [0.29, 0.717) is 24.1 Å². The minimum absolute atomic E-state index is 0.128. The van der Waals surface area contributed by atoms with Gasteiger partial charge in [0.15, 0.2) is 0 Å². The number of nitrogens with zero attached hydrogens (tertiary/aromatic N) is 1. The number of ether oxygens (including phenoxy) is 1. The molecular formula is C15H18N2O5S. The van der Waals surface area contributed by atoms with Crippen LogP contribution in [0.3, 0.4) is 0 Å². The fourth-order valence-corrected chi connectivity index (χ4v) is 3.59. The molecular weight excluding hydrogens is 320 g/mol. The van der Waals surface area contributed by atoms with Crippen LogP contribution in [0.1, 0.15) is 0 Å². The standard InChI is InChI=1S/C15H18N2O5S/c1-17-6-7-21-12(10-17)9-16-23(19,20)13-3-4-14-11(8-13)2-5-15(18)22-14/h2-5,8,12,16H,6-7,9-10H2,1H3/t12-/m0/s1. The van der Waals surface area contributed by atoms with Gasteiger partial charge in [-0.15, -0.1) is 0 Å². The Hall–Kier alpha value is -1.74. The zero-order valence-electron chi connectivity index (χ0n) is 12.7. The van der Waals surface area contributed by atoms with Crippen molar-refractivity contribution < 1.29 is 17.6 Å². The van der Waals surface area contributed by atoms with E-state index in [1.807, 2.05) is 7.05 Å². The molecule has 8 heteroatoms. The summed E-state index contributed by atoms with van der Waals surface area (Å²) in [6.45, 7) is 2.34. The molecule has 0 radical (unpaired) electrons. The third-order valence-corrected chi connectivity index (χ3v) is 5.17. The van der Waals surface area contributed by atoms with E-state index in [4.69, 9.17) is 9.15 Å². The Morgan fingerprint density at radius 2 is 2.13 bits per heavy atom. The van der Waals surface area contributed by atoms with Crippen molar-refractivity contribution in [1.82, 2.24) is 9.62 Å².